The van der Waals surface area contributed by atoms with Crippen molar-refractivity contribution in [3.63, 3.8) is 0 Å². The Morgan fingerprint density at radius 3 is 2.30 bits per heavy atom. The molecule has 1 aliphatic rings. The van der Waals surface area contributed by atoms with Crippen molar-refractivity contribution in [2.45, 2.75) is 13.0 Å². The zero-order valence-electron chi connectivity index (χ0n) is 15.8. The van der Waals surface area contributed by atoms with Crippen molar-refractivity contribution in [3.8, 4) is 5.75 Å². The number of ether oxygens (including phenoxy) is 1. The molecule has 3 rings (SSSR count). The van der Waals surface area contributed by atoms with Gasteiger partial charge in [0, 0.05) is 36.9 Å². The van der Waals surface area contributed by atoms with Gasteiger partial charge in [0.15, 0.2) is 0 Å². The van der Waals surface area contributed by atoms with Crippen LogP contribution in [0.3, 0.4) is 0 Å². The van der Waals surface area contributed by atoms with Crippen molar-refractivity contribution in [2.75, 3.05) is 44.7 Å². The zero-order valence-corrected chi connectivity index (χ0v) is 16.6. The first-order valence-electron chi connectivity index (χ1n) is 9.21. The molecule has 0 radical (unpaired) electrons. The Balaban J connectivity index is 1.45. The summed E-state index contributed by atoms with van der Waals surface area (Å²) in [4.78, 5) is 16.9. The summed E-state index contributed by atoms with van der Waals surface area (Å²) < 4.78 is 5.21. The predicted octanol–water partition coefficient (Wildman–Crippen LogP) is 3.35. The normalized spacial score (nSPS) is 16.0. The Kier molecular flexibility index (Phi) is 6.58. The Morgan fingerprint density at radius 1 is 1.07 bits per heavy atom. The summed E-state index contributed by atoms with van der Waals surface area (Å²) in [5.41, 5.74) is 2.24. The van der Waals surface area contributed by atoms with Crippen LogP contribution in [0.5, 0.6) is 5.75 Å². The van der Waals surface area contributed by atoms with Gasteiger partial charge in [0.2, 0.25) is 5.91 Å². The van der Waals surface area contributed by atoms with E-state index in [0.717, 1.165) is 37.5 Å². The maximum absolute atomic E-state index is 12.4. The van der Waals surface area contributed by atoms with E-state index in [1.807, 2.05) is 43.3 Å². The first-order chi connectivity index (χ1) is 13.0. The number of rotatable bonds is 6. The summed E-state index contributed by atoms with van der Waals surface area (Å²) in [5.74, 6) is 0.916. The molecular formula is C21H26ClN3O2. The molecule has 0 spiro atoms. The molecule has 0 saturated carbocycles. The fourth-order valence-electron chi connectivity index (χ4n) is 3.28. The molecule has 1 atom stereocenters. The van der Waals surface area contributed by atoms with Crippen molar-refractivity contribution in [2.24, 2.45) is 0 Å². The number of methoxy groups -OCH3 is 1. The van der Waals surface area contributed by atoms with Gasteiger partial charge < -0.3 is 15.0 Å². The summed E-state index contributed by atoms with van der Waals surface area (Å²) in [6.45, 7) is 5.97. The van der Waals surface area contributed by atoms with Crippen LogP contribution in [0.15, 0.2) is 48.5 Å². The Morgan fingerprint density at radius 2 is 1.70 bits per heavy atom. The second-order valence-electron chi connectivity index (χ2n) is 6.80. The van der Waals surface area contributed by atoms with Gasteiger partial charge in [0.25, 0.3) is 0 Å². The molecule has 0 bridgehead atoms. The van der Waals surface area contributed by atoms with Crippen LogP contribution in [0.1, 0.15) is 18.5 Å². The number of nitrogens with one attached hydrogen (secondary N) is 1. The van der Waals surface area contributed by atoms with Gasteiger partial charge in [-0.3, -0.25) is 9.69 Å². The van der Waals surface area contributed by atoms with Gasteiger partial charge in [-0.25, -0.2) is 0 Å². The number of amides is 1. The number of nitrogens with zero attached hydrogens (tertiary/aromatic N) is 2. The highest BCUT2D eigenvalue weighted by Gasteiger charge is 2.20. The Labute approximate surface area is 165 Å². The number of piperazine rings is 1. The van der Waals surface area contributed by atoms with E-state index in [1.54, 1.807) is 7.11 Å². The third-order valence-corrected chi connectivity index (χ3v) is 5.18. The SMILES string of the molecule is COc1ccc(N2CCN(CC(=O)NC(C)c3ccc(Cl)cc3)CC2)cc1. The second kappa shape index (κ2) is 9.11. The highest BCUT2D eigenvalue weighted by molar-refractivity contribution is 6.30. The monoisotopic (exact) mass is 387 g/mol. The Hall–Kier alpha value is -2.24. The lowest BCUT2D eigenvalue weighted by Crippen LogP contribution is -2.49. The molecule has 5 nitrogen and oxygen atoms in total. The first kappa shape index (κ1) is 19.5. The fraction of sp³-hybridized carbons (Fsp3) is 0.381. The average Bonchev–Trinajstić information content (AvgIpc) is 2.69. The molecule has 27 heavy (non-hydrogen) atoms. The van der Waals surface area contributed by atoms with E-state index in [1.165, 1.54) is 5.69 Å². The molecule has 1 unspecified atom stereocenters. The van der Waals surface area contributed by atoms with E-state index in [4.69, 9.17) is 16.3 Å². The molecule has 1 amide bonds. The van der Waals surface area contributed by atoms with E-state index < -0.39 is 0 Å². The third kappa shape index (κ3) is 5.37. The number of hydrogen-bond acceptors (Lipinski definition) is 4. The van der Waals surface area contributed by atoms with Gasteiger partial charge in [-0.05, 0) is 48.9 Å². The van der Waals surface area contributed by atoms with Gasteiger partial charge in [-0.1, -0.05) is 23.7 Å². The molecular weight excluding hydrogens is 362 g/mol. The van der Waals surface area contributed by atoms with Gasteiger partial charge >= 0.3 is 0 Å². The molecule has 1 aliphatic heterocycles. The van der Waals surface area contributed by atoms with E-state index in [9.17, 15) is 4.79 Å². The van der Waals surface area contributed by atoms with Crippen molar-refractivity contribution < 1.29 is 9.53 Å². The smallest absolute Gasteiger partial charge is 0.234 e. The maximum Gasteiger partial charge on any atom is 0.234 e. The minimum atomic E-state index is -0.0321. The van der Waals surface area contributed by atoms with Gasteiger partial charge in [-0.15, -0.1) is 0 Å². The van der Waals surface area contributed by atoms with Crippen LogP contribution < -0.4 is 15.0 Å². The molecule has 2 aromatic rings. The van der Waals surface area contributed by atoms with Crippen LogP contribution in [-0.4, -0.2) is 50.6 Å². The van der Waals surface area contributed by atoms with Crippen LogP contribution in [0.2, 0.25) is 5.02 Å². The topological polar surface area (TPSA) is 44.8 Å². The van der Waals surface area contributed by atoms with Gasteiger partial charge in [0.1, 0.15) is 5.75 Å². The van der Waals surface area contributed by atoms with Crippen LogP contribution in [0.4, 0.5) is 5.69 Å². The Bertz CT molecular complexity index is 741. The molecule has 1 fully saturated rings. The molecule has 0 aromatic heterocycles. The van der Waals surface area contributed by atoms with Crippen LogP contribution >= 0.6 is 11.6 Å². The molecule has 1 N–H and O–H groups in total. The fourth-order valence-corrected chi connectivity index (χ4v) is 3.41. The van der Waals surface area contributed by atoms with E-state index in [2.05, 4.69) is 27.2 Å². The molecule has 0 aliphatic carbocycles. The van der Waals surface area contributed by atoms with Crippen molar-refractivity contribution in [1.29, 1.82) is 0 Å². The minimum Gasteiger partial charge on any atom is -0.497 e. The third-order valence-electron chi connectivity index (χ3n) is 4.92. The van der Waals surface area contributed by atoms with E-state index in [0.29, 0.717) is 11.6 Å². The highest BCUT2D eigenvalue weighted by Crippen LogP contribution is 2.20. The lowest BCUT2D eigenvalue weighted by atomic mass is 10.1. The number of anilines is 1. The largest absolute Gasteiger partial charge is 0.497 e. The van der Waals surface area contributed by atoms with E-state index >= 15 is 0 Å². The molecule has 144 valence electrons. The lowest BCUT2D eigenvalue weighted by molar-refractivity contribution is -0.123. The summed E-state index contributed by atoms with van der Waals surface area (Å²) in [6, 6.07) is 15.7. The summed E-state index contributed by atoms with van der Waals surface area (Å²) in [7, 11) is 1.67. The van der Waals surface area contributed by atoms with Crippen molar-refractivity contribution >= 4 is 23.2 Å². The molecule has 1 heterocycles. The number of carbonyl (C=O) groups is 1. The molecule has 6 heteroatoms. The summed E-state index contributed by atoms with van der Waals surface area (Å²) in [6.07, 6.45) is 0. The zero-order chi connectivity index (χ0) is 19.2. The highest BCUT2D eigenvalue weighted by atomic mass is 35.5. The van der Waals surface area contributed by atoms with Crippen molar-refractivity contribution in [3.05, 3.63) is 59.1 Å². The minimum absolute atomic E-state index is 0.0321. The lowest BCUT2D eigenvalue weighted by Gasteiger charge is -2.36. The first-order valence-corrected chi connectivity index (χ1v) is 9.59. The average molecular weight is 388 g/mol. The van der Waals surface area contributed by atoms with Crippen molar-refractivity contribution in [1.82, 2.24) is 10.2 Å². The summed E-state index contributed by atoms with van der Waals surface area (Å²) >= 11 is 5.92. The second-order valence-corrected chi connectivity index (χ2v) is 7.24. The predicted molar refractivity (Wildman–Crippen MR) is 110 cm³/mol. The number of halogens is 1. The maximum atomic E-state index is 12.4. The molecule has 1 saturated heterocycles. The van der Waals surface area contributed by atoms with Crippen LogP contribution in [0, 0.1) is 0 Å². The number of benzene rings is 2. The quantitative estimate of drug-likeness (QED) is 0.825. The number of hydrogen-bond donors (Lipinski definition) is 1. The standard InChI is InChI=1S/C21H26ClN3O2/c1-16(17-3-5-18(22)6-4-17)23-21(26)15-24-11-13-25(14-12-24)19-7-9-20(27-2)10-8-19/h3-10,16H,11-15H2,1-2H3,(H,23,26). The van der Waals surface area contributed by atoms with Crippen LogP contribution in [0.25, 0.3) is 0 Å². The number of carbonyl (C=O) groups excluding carboxylic acids is 1. The van der Waals surface area contributed by atoms with Crippen LogP contribution in [-0.2, 0) is 4.79 Å². The van der Waals surface area contributed by atoms with Gasteiger partial charge in [-0.2, -0.15) is 0 Å². The molecule has 2 aromatic carbocycles. The van der Waals surface area contributed by atoms with E-state index in [-0.39, 0.29) is 11.9 Å². The van der Waals surface area contributed by atoms with Gasteiger partial charge in [0.05, 0.1) is 19.7 Å². The summed E-state index contributed by atoms with van der Waals surface area (Å²) in [5, 5.41) is 3.77.